The highest BCUT2D eigenvalue weighted by atomic mass is 16.7. The van der Waals surface area contributed by atoms with E-state index in [0.717, 1.165) is 6.42 Å². The molecule has 1 unspecified atom stereocenters. The lowest BCUT2D eigenvalue weighted by atomic mass is 10.1. The minimum atomic E-state index is -0.876. The summed E-state index contributed by atoms with van der Waals surface area (Å²) < 4.78 is 20.3. The van der Waals surface area contributed by atoms with Gasteiger partial charge in [0.15, 0.2) is 17.2 Å². The molecule has 27 heavy (non-hydrogen) atoms. The van der Waals surface area contributed by atoms with Crippen LogP contribution in [0.5, 0.6) is 11.5 Å². The summed E-state index contributed by atoms with van der Waals surface area (Å²) in [4.78, 5) is 39.3. The van der Waals surface area contributed by atoms with Crippen molar-refractivity contribution >= 4 is 17.8 Å². The lowest BCUT2D eigenvalue weighted by Crippen LogP contribution is -2.40. The van der Waals surface area contributed by atoms with Crippen LogP contribution in [0.25, 0.3) is 0 Å². The predicted molar refractivity (Wildman–Crippen MR) is 95.4 cm³/mol. The molecule has 1 N–H and O–H groups in total. The third kappa shape index (κ3) is 7.51. The van der Waals surface area contributed by atoms with E-state index < -0.39 is 30.7 Å². The third-order valence-electron chi connectivity index (χ3n) is 3.41. The molecule has 0 bridgehead atoms. The Morgan fingerprint density at radius 3 is 2.48 bits per heavy atom. The molecule has 0 aromatic carbocycles. The normalized spacial score (nSPS) is 11.5. The number of aromatic nitrogens is 1. The minimum absolute atomic E-state index is 0.000810. The number of ether oxygens (including phenoxy) is 4. The van der Waals surface area contributed by atoms with Gasteiger partial charge in [-0.2, -0.15) is 0 Å². The van der Waals surface area contributed by atoms with Crippen LogP contribution in [0.1, 0.15) is 44.6 Å². The van der Waals surface area contributed by atoms with Crippen molar-refractivity contribution in [3.05, 3.63) is 18.0 Å². The minimum Gasteiger partial charge on any atom is -0.493 e. The van der Waals surface area contributed by atoms with Gasteiger partial charge < -0.3 is 24.3 Å². The molecule has 1 atom stereocenters. The SMILES string of the molecule is COc1ccnc(C(=O)NC(C)C(=O)OCCC(C)C)c1OCOC(C)=O. The summed E-state index contributed by atoms with van der Waals surface area (Å²) >= 11 is 0. The molecule has 0 radical (unpaired) electrons. The van der Waals surface area contributed by atoms with Crippen LogP contribution in [0.3, 0.4) is 0 Å². The zero-order valence-electron chi connectivity index (χ0n) is 16.2. The summed E-state index contributed by atoms with van der Waals surface area (Å²) in [5.74, 6) is -1.11. The second-order valence-corrected chi connectivity index (χ2v) is 6.13. The maximum Gasteiger partial charge on any atom is 0.328 e. The first-order chi connectivity index (χ1) is 12.8. The van der Waals surface area contributed by atoms with Gasteiger partial charge in [-0.1, -0.05) is 13.8 Å². The van der Waals surface area contributed by atoms with Crippen molar-refractivity contribution in [3.8, 4) is 11.5 Å². The highest BCUT2D eigenvalue weighted by Crippen LogP contribution is 2.29. The van der Waals surface area contributed by atoms with Crippen molar-refractivity contribution < 1.29 is 33.3 Å². The molecular weight excluding hydrogens is 356 g/mol. The van der Waals surface area contributed by atoms with Gasteiger partial charge in [0.25, 0.3) is 5.91 Å². The van der Waals surface area contributed by atoms with Crippen molar-refractivity contribution in [2.45, 2.75) is 40.2 Å². The van der Waals surface area contributed by atoms with E-state index in [9.17, 15) is 14.4 Å². The van der Waals surface area contributed by atoms with Gasteiger partial charge in [0, 0.05) is 19.2 Å². The van der Waals surface area contributed by atoms with Crippen LogP contribution >= 0.6 is 0 Å². The number of hydrogen-bond acceptors (Lipinski definition) is 8. The fourth-order valence-electron chi connectivity index (χ4n) is 1.91. The number of carbonyl (C=O) groups is 3. The number of rotatable bonds is 10. The van der Waals surface area contributed by atoms with E-state index in [0.29, 0.717) is 5.92 Å². The topological polar surface area (TPSA) is 113 Å². The van der Waals surface area contributed by atoms with Crippen LogP contribution in [0.2, 0.25) is 0 Å². The Hall–Kier alpha value is -2.84. The molecule has 0 aliphatic heterocycles. The molecule has 9 nitrogen and oxygen atoms in total. The highest BCUT2D eigenvalue weighted by molar-refractivity contribution is 5.98. The Bertz CT molecular complexity index is 661. The molecule has 1 aromatic rings. The van der Waals surface area contributed by atoms with Crippen LogP contribution in [0.4, 0.5) is 0 Å². The molecule has 1 amide bonds. The lowest BCUT2D eigenvalue weighted by molar-refractivity contribution is -0.148. The van der Waals surface area contributed by atoms with E-state index in [4.69, 9.17) is 18.9 Å². The van der Waals surface area contributed by atoms with Crippen molar-refractivity contribution in [2.24, 2.45) is 5.92 Å². The Kier molecular flexibility index (Phi) is 9.04. The molecule has 150 valence electrons. The van der Waals surface area contributed by atoms with E-state index in [2.05, 4.69) is 10.3 Å². The smallest absolute Gasteiger partial charge is 0.328 e. The average molecular weight is 382 g/mol. The number of pyridine rings is 1. The van der Waals surface area contributed by atoms with E-state index in [1.54, 1.807) is 0 Å². The van der Waals surface area contributed by atoms with Crippen molar-refractivity contribution in [2.75, 3.05) is 20.5 Å². The molecule has 0 spiro atoms. The summed E-state index contributed by atoms with van der Waals surface area (Å²) in [6.45, 7) is 6.64. The van der Waals surface area contributed by atoms with Gasteiger partial charge in [-0.3, -0.25) is 9.59 Å². The van der Waals surface area contributed by atoms with Gasteiger partial charge in [-0.05, 0) is 19.3 Å². The standard InChI is InChI=1S/C18H26N2O7/c1-11(2)7-9-25-18(23)12(3)20-17(22)15-16(27-10-26-13(4)21)14(24-5)6-8-19-15/h6,8,11-12H,7,9-10H2,1-5H3,(H,20,22). The first-order valence-corrected chi connectivity index (χ1v) is 8.52. The Balaban J connectivity index is 2.80. The Morgan fingerprint density at radius 1 is 1.19 bits per heavy atom. The number of esters is 2. The van der Waals surface area contributed by atoms with Gasteiger partial charge in [-0.25, -0.2) is 9.78 Å². The van der Waals surface area contributed by atoms with E-state index in [1.807, 2.05) is 13.8 Å². The molecule has 0 aliphatic rings. The molecule has 0 fully saturated rings. The fourth-order valence-corrected chi connectivity index (χ4v) is 1.91. The van der Waals surface area contributed by atoms with E-state index in [-0.39, 0.29) is 23.8 Å². The van der Waals surface area contributed by atoms with Crippen molar-refractivity contribution in [1.82, 2.24) is 10.3 Å². The number of hydrogen-bond donors (Lipinski definition) is 1. The van der Waals surface area contributed by atoms with Gasteiger partial charge in [-0.15, -0.1) is 0 Å². The molecule has 0 aliphatic carbocycles. The number of carbonyl (C=O) groups excluding carboxylic acids is 3. The van der Waals surface area contributed by atoms with Crippen LogP contribution in [-0.4, -0.2) is 49.4 Å². The summed E-state index contributed by atoms with van der Waals surface area (Å²) in [5.41, 5.74) is -0.108. The van der Waals surface area contributed by atoms with E-state index >= 15 is 0 Å². The van der Waals surface area contributed by atoms with Crippen LogP contribution in [0.15, 0.2) is 12.3 Å². The van der Waals surface area contributed by atoms with Crippen molar-refractivity contribution in [1.29, 1.82) is 0 Å². The summed E-state index contributed by atoms with van der Waals surface area (Å²) in [5, 5.41) is 2.51. The average Bonchev–Trinajstić information content (AvgIpc) is 2.60. The molecule has 1 heterocycles. The number of methoxy groups -OCH3 is 1. The molecule has 1 aromatic heterocycles. The molecule has 1 rings (SSSR count). The second kappa shape index (κ2) is 11.0. The number of amides is 1. The van der Waals surface area contributed by atoms with E-state index in [1.165, 1.54) is 33.2 Å². The van der Waals surface area contributed by atoms with Gasteiger partial charge in [0.05, 0.1) is 13.7 Å². The number of nitrogens with one attached hydrogen (secondary N) is 1. The maximum absolute atomic E-state index is 12.5. The van der Waals surface area contributed by atoms with Gasteiger partial charge in [0.2, 0.25) is 6.79 Å². The predicted octanol–water partition coefficient (Wildman–Crippen LogP) is 1.70. The zero-order chi connectivity index (χ0) is 20.4. The third-order valence-corrected chi connectivity index (χ3v) is 3.41. The summed E-state index contributed by atoms with van der Waals surface area (Å²) in [6.07, 6.45) is 2.09. The largest absolute Gasteiger partial charge is 0.493 e. The first kappa shape index (κ1) is 22.2. The summed E-state index contributed by atoms with van der Waals surface area (Å²) in [7, 11) is 1.39. The van der Waals surface area contributed by atoms with Gasteiger partial charge in [0.1, 0.15) is 6.04 Å². The molecular formula is C18H26N2O7. The van der Waals surface area contributed by atoms with Crippen LogP contribution in [-0.2, 0) is 19.1 Å². The molecule has 0 saturated carbocycles. The maximum atomic E-state index is 12.5. The first-order valence-electron chi connectivity index (χ1n) is 8.52. The second-order valence-electron chi connectivity index (χ2n) is 6.13. The molecule has 0 saturated heterocycles. The highest BCUT2D eigenvalue weighted by Gasteiger charge is 2.24. The van der Waals surface area contributed by atoms with Crippen LogP contribution < -0.4 is 14.8 Å². The monoisotopic (exact) mass is 382 g/mol. The van der Waals surface area contributed by atoms with Crippen molar-refractivity contribution in [3.63, 3.8) is 0 Å². The Morgan fingerprint density at radius 2 is 1.89 bits per heavy atom. The lowest BCUT2D eigenvalue weighted by Gasteiger charge is -2.16. The number of nitrogens with zero attached hydrogens (tertiary/aromatic N) is 1. The van der Waals surface area contributed by atoms with Crippen LogP contribution in [0, 0.1) is 5.92 Å². The molecule has 9 heteroatoms. The van der Waals surface area contributed by atoms with Gasteiger partial charge >= 0.3 is 11.9 Å². The Labute approximate surface area is 158 Å². The summed E-state index contributed by atoms with van der Waals surface area (Å²) in [6, 6.07) is 0.614. The zero-order valence-corrected chi connectivity index (χ0v) is 16.2. The quantitative estimate of drug-likeness (QED) is 0.480. The fraction of sp³-hybridized carbons (Fsp3) is 0.556.